The van der Waals surface area contributed by atoms with Gasteiger partial charge >= 0.3 is 0 Å². The Labute approximate surface area is 89.6 Å². The molecule has 1 aliphatic rings. The molecule has 3 N–H and O–H groups in total. The Morgan fingerprint density at radius 1 is 1.53 bits per heavy atom. The van der Waals surface area contributed by atoms with Gasteiger partial charge in [0.05, 0.1) is 12.5 Å². The van der Waals surface area contributed by atoms with E-state index in [0.717, 1.165) is 0 Å². The second-order valence-corrected chi connectivity index (χ2v) is 3.54. The molecule has 1 aliphatic carbocycles. The molecule has 0 fully saturated rings. The summed E-state index contributed by atoms with van der Waals surface area (Å²) in [5.74, 6) is -0.146. The molecule has 0 aliphatic heterocycles. The lowest BCUT2D eigenvalue weighted by atomic mass is 10.1. The Balaban J connectivity index is 2.27. The lowest BCUT2D eigenvalue weighted by Gasteiger charge is -2.15. The van der Waals surface area contributed by atoms with Gasteiger partial charge in [0.25, 0.3) is 0 Å². The van der Waals surface area contributed by atoms with Crippen molar-refractivity contribution in [2.45, 2.75) is 18.8 Å². The zero-order chi connectivity index (χ0) is 11.3. The van der Waals surface area contributed by atoms with E-state index in [-0.39, 0.29) is 17.9 Å². The molecule has 1 rings (SSSR count). The van der Waals surface area contributed by atoms with Crippen molar-refractivity contribution in [1.29, 1.82) is 0 Å². The van der Waals surface area contributed by atoms with Gasteiger partial charge in [0.2, 0.25) is 5.91 Å². The minimum absolute atomic E-state index is 0.00129. The number of methoxy groups -OCH3 is 2. The summed E-state index contributed by atoms with van der Waals surface area (Å²) >= 11 is 0. The standard InChI is InChI=1S/C10H18N2O3/c1-14-9(15-2)6-12-10(13)7-3-4-8(11)5-7/h3-4,7-9H,5-6,11H2,1-2H3,(H,12,13). The van der Waals surface area contributed by atoms with Gasteiger partial charge in [-0.2, -0.15) is 0 Å². The van der Waals surface area contributed by atoms with Gasteiger partial charge in [0, 0.05) is 20.3 Å². The molecule has 0 aromatic rings. The fourth-order valence-electron chi connectivity index (χ4n) is 1.50. The molecule has 1 amide bonds. The summed E-state index contributed by atoms with van der Waals surface area (Å²) in [6, 6.07) is 0.00129. The Bertz CT molecular complexity index is 239. The van der Waals surface area contributed by atoms with E-state index in [1.54, 1.807) is 0 Å². The van der Waals surface area contributed by atoms with Crippen LogP contribution in [0.15, 0.2) is 12.2 Å². The number of hydrogen-bond donors (Lipinski definition) is 2. The van der Waals surface area contributed by atoms with E-state index in [1.165, 1.54) is 14.2 Å². The summed E-state index contributed by atoms with van der Waals surface area (Å²) in [5.41, 5.74) is 5.66. The highest BCUT2D eigenvalue weighted by atomic mass is 16.7. The number of carbonyl (C=O) groups excluding carboxylic acids is 1. The molecule has 0 heterocycles. The van der Waals surface area contributed by atoms with Gasteiger partial charge in [0.1, 0.15) is 0 Å². The van der Waals surface area contributed by atoms with E-state index in [0.29, 0.717) is 13.0 Å². The molecule has 0 bridgehead atoms. The van der Waals surface area contributed by atoms with Crippen LogP contribution >= 0.6 is 0 Å². The maximum absolute atomic E-state index is 11.6. The van der Waals surface area contributed by atoms with Crippen molar-refractivity contribution >= 4 is 5.91 Å². The minimum Gasteiger partial charge on any atom is -0.354 e. The maximum atomic E-state index is 11.6. The van der Waals surface area contributed by atoms with Crippen molar-refractivity contribution in [2.24, 2.45) is 11.7 Å². The van der Waals surface area contributed by atoms with Crippen LogP contribution in [0.3, 0.4) is 0 Å². The summed E-state index contributed by atoms with van der Waals surface area (Å²) in [4.78, 5) is 11.6. The Kier molecular flexibility index (Phi) is 4.74. The molecule has 0 spiro atoms. The van der Waals surface area contributed by atoms with Gasteiger partial charge in [0.15, 0.2) is 6.29 Å². The largest absolute Gasteiger partial charge is 0.354 e. The SMILES string of the molecule is COC(CNC(=O)C1C=CC(N)C1)OC. The smallest absolute Gasteiger partial charge is 0.227 e. The zero-order valence-corrected chi connectivity index (χ0v) is 9.10. The van der Waals surface area contributed by atoms with Crippen LogP contribution in [0.5, 0.6) is 0 Å². The van der Waals surface area contributed by atoms with Gasteiger partial charge in [-0.15, -0.1) is 0 Å². The molecule has 5 nitrogen and oxygen atoms in total. The van der Waals surface area contributed by atoms with Crippen molar-refractivity contribution in [3.63, 3.8) is 0 Å². The highest BCUT2D eigenvalue weighted by Crippen LogP contribution is 2.16. The van der Waals surface area contributed by atoms with Crippen LogP contribution in [0.2, 0.25) is 0 Å². The first-order valence-corrected chi connectivity index (χ1v) is 4.94. The van der Waals surface area contributed by atoms with Crippen molar-refractivity contribution in [2.75, 3.05) is 20.8 Å². The summed E-state index contributed by atoms with van der Waals surface area (Å²) < 4.78 is 9.91. The van der Waals surface area contributed by atoms with E-state index in [1.807, 2.05) is 12.2 Å². The topological polar surface area (TPSA) is 73.6 Å². The molecule has 0 saturated heterocycles. The molecule has 86 valence electrons. The number of carbonyl (C=O) groups is 1. The number of ether oxygens (including phenoxy) is 2. The molecule has 15 heavy (non-hydrogen) atoms. The molecular weight excluding hydrogens is 196 g/mol. The van der Waals surface area contributed by atoms with Crippen LogP contribution < -0.4 is 11.1 Å². The number of nitrogens with two attached hydrogens (primary N) is 1. The van der Waals surface area contributed by atoms with E-state index in [2.05, 4.69) is 5.32 Å². The minimum atomic E-state index is -0.395. The van der Waals surface area contributed by atoms with Crippen LogP contribution in [0, 0.1) is 5.92 Å². The van der Waals surface area contributed by atoms with Crippen LogP contribution in [0.1, 0.15) is 6.42 Å². The molecule has 2 atom stereocenters. The third-order valence-electron chi connectivity index (χ3n) is 2.42. The molecule has 2 unspecified atom stereocenters. The van der Waals surface area contributed by atoms with Crippen LogP contribution in [-0.4, -0.2) is 39.0 Å². The van der Waals surface area contributed by atoms with E-state index >= 15 is 0 Å². The molecular formula is C10H18N2O3. The van der Waals surface area contributed by atoms with E-state index < -0.39 is 6.29 Å². The summed E-state index contributed by atoms with van der Waals surface area (Å²) in [6.45, 7) is 0.353. The predicted octanol–water partition coefficient (Wildman–Crippen LogP) is -0.375. The first-order chi connectivity index (χ1) is 7.17. The molecule has 0 radical (unpaired) electrons. The van der Waals surface area contributed by atoms with Crippen LogP contribution in [-0.2, 0) is 14.3 Å². The lowest BCUT2D eigenvalue weighted by Crippen LogP contribution is -2.37. The number of rotatable bonds is 5. The fraction of sp³-hybridized carbons (Fsp3) is 0.700. The highest BCUT2D eigenvalue weighted by Gasteiger charge is 2.22. The lowest BCUT2D eigenvalue weighted by molar-refractivity contribution is -0.129. The monoisotopic (exact) mass is 214 g/mol. The summed E-state index contributed by atoms with van der Waals surface area (Å²) in [7, 11) is 3.07. The Hall–Kier alpha value is -0.910. The van der Waals surface area contributed by atoms with Gasteiger partial charge in [-0.1, -0.05) is 12.2 Å². The number of nitrogens with one attached hydrogen (secondary N) is 1. The second kappa shape index (κ2) is 5.85. The third kappa shape index (κ3) is 3.62. The Morgan fingerprint density at radius 2 is 2.20 bits per heavy atom. The van der Waals surface area contributed by atoms with E-state index in [4.69, 9.17) is 15.2 Å². The molecule has 0 aromatic heterocycles. The third-order valence-corrected chi connectivity index (χ3v) is 2.42. The normalized spacial score (nSPS) is 24.8. The molecule has 0 aromatic carbocycles. The van der Waals surface area contributed by atoms with Gasteiger partial charge in [-0.05, 0) is 6.42 Å². The second-order valence-electron chi connectivity index (χ2n) is 3.54. The van der Waals surface area contributed by atoms with Gasteiger partial charge < -0.3 is 20.5 Å². The first-order valence-electron chi connectivity index (χ1n) is 4.94. The summed E-state index contributed by atoms with van der Waals surface area (Å²) in [5, 5.41) is 2.75. The first kappa shape index (κ1) is 12.2. The van der Waals surface area contributed by atoms with Crippen molar-refractivity contribution in [1.82, 2.24) is 5.32 Å². The number of amides is 1. The Morgan fingerprint density at radius 3 is 2.67 bits per heavy atom. The molecule has 0 saturated carbocycles. The average molecular weight is 214 g/mol. The maximum Gasteiger partial charge on any atom is 0.227 e. The van der Waals surface area contributed by atoms with Gasteiger partial charge in [-0.25, -0.2) is 0 Å². The average Bonchev–Trinajstić information content (AvgIpc) is 2.66. The highest BCUT2D eigenvalue weighted by molar-refractivity contribution is 5.81. The van der Waals surface area contributed by atoms with Crippen molar-refractivity contribution in [3.05, 3.63) is 12.2 Å². The van der Waals surface area contributed by atoms with Gasteiger partial charge in [-0.3, -0.25) is 4.79 Å². The van der Waals surface area contributed by atoms with Crippen molar-refractivity contribution < 1.29 is 14.3 Å². The van der Waals surface area contributed by atoms with Crippen LogP contribution in [0.4, 0.5) is 0 Å². The molecule has 5 heteroatoms. The van der Waals surface area contributed by atoms with Crippen LogP contribution in [0.25, 0.3) is 0 Å². The summed E-state index contributed by atoms with van der Waals surface area (Å²) in [6.07, 6.45) is 3.98. The van der Waals surface area contributed by atoms with Crippen molar-refractivity contribution in [3.8, 4) is 0 Å². The predicted molar refractivity (Wildman–Crippen MR) is 56.0 cm³/mol. The fourth-order valence-corrected chi connectivity index (χ4v) is 1.50. The number of hydrogen-bond acceptors (Lipinski definition) is 4. The quantitative estimate of drug-likeness (QED) is 0.483. The van der Waals surface area contributed by atoms with E-state index in [9.17, 15) is 4.79 Å². The zero-order valence-electron chi connectivity index (χ0n) is 9.10.